The molecule has 0 saturated heterocycles. The maximum Gasteiger partial charge on any atom is 0.416 e. The molecule has 1 aliphatic carbocycles. The Kier molecular flexibility index (Phi) is 8.32. The Labute approximate surface area is 206 Å². The largest absolute Gasteiger partial charge is 0.416 e. The molecular weight excluding hydrogens is 580 g/mol. The molecule has 0 unspecified atom stereocenters. The highest BCUT2D eigenvalue weighted by atomic mass is 127. The molecule has 2 aromatic carbocycles. The van der Waals surface area contributed by atoms with Gasteiger partial charge in [-0.15, -0.1) is 0 Å². The number of halogens is 8. The van der Waals surface area contributed by atoms with Crippen LogP contribution in [0.15, 0.2) is 42.5 Å². The van der Waals surface area contributed by atoms with Gasteiger partial charge in [-0.3, -0.25) is 4.79 Å². The van der Waals surface area contributed by atoms with E-state index in [0.717, 1.165) is 0 Å². The van der Waals surface area contributed by atoms with Crippen LogP contribution in [-0.2, 0) is 21.9 Å². The summed E-state index contributed by atoms with van der Waals surface area (Å²) < 4.78 is 99.3. The normalized spacial score (nSPS) is 22.1. The van der Waals surface area contributed by atoms with E-state index < -0.39 is 41.5 Å². The topological polar surface area (TPSA) is 26.3 Å². The minimum atomic E-state index is -4.95. The second kappa shape index (κ2) is 10.5. The summed E-state index contributed by atoms with van der Waals surface area (Å²) in [4.78, 5) is 12.1. The molecule has 34 heavy (non-hydrogen) atoms. The number of hydrogen-bond donors (Lipinski definition) is 0. The van der Waals surface area contributed by atoms with E-state index in [9.17, 15) is 35.5 Å². The van der Waals surface area contributed by atoms with Gasteiger partial charge in [0.1, 0.15) is 11.6 Å². The van der Waals surface area contributed by atoms with Crippen molar-refractivity contribution in [2.45, 2.75) is 56.7 Å². The molecule has 3 rings (SSSR count). The fourth-order valence-electron chi connectivity index (χ4n) is 4.50. The zero-order valence-corrected chi connectivity index (χ0v) is 20.2. The molecule has 0 heterocycles. The molecule has 0 aromatic heterocycles. The Morgan fingerprint density at radius 1 is 1.00 bits per heavy atom. The highest BCUT2D eigenvalue weighted by molar-refractivity contribution is 14.1. The van der Waals surface area contributed by atoms with Gasteiger partial charge in [-0.25, -0.2) is 4.39 Å². The third-order valence-corrected chi connectivity index (χ3v) is 6.93. The van der Waals surface area contributed by atoms with Crippen LogP contribution in [0.3, 0.4) is 0 Å². The molecule has 0 spiro atoms. The van der Waals surface area contributed by atoms with E-state index in [0.29, 0.717) is 35.0 Å². The van der Waals surface area contributed by atoms with Crippen LogP contribution < -0.4 is 0 Å². The van der Waals surface area contributed by atoms with Crippen LogP contribution in [0.25, 0.3) is 0 Å². The fraction of sp³-hybridized carbons (Fsp3) is 0.458. The van der Waals surface area contributed by atoms with Crippen LogP contribution in [0, 0.1) is 11.7 Å². The summed E-state index contributed by atoms with van der Waals surface area (Å²) in [6.07, 6.45) is -10.2. The molecule has 0 bridgehead atoms. The van der Waals surface area contributed by atoms with Gasteiger partial charge in [-0.05, 0) is 67.1 Å². The van der Waals surface area contributed by atoms with Gasteiger partial charge < -0.3 is 4.74 Å². The number of Topliss-reactive ketones (excluding diaryl/α,β-unsaturated/α-hetero) is 1. The number of carbonyl (C=O) groups excluding carboxylic acids is 1. The maximum atomic E-state index is 13.5. The highest BCUT2D eigenvalue weighted by Gasteiger charge is 2.41. The van der Waals surface area contributed by atoms with E-state index >= 15 is 0 Å². The fourth-order valence-corrected chi connectivity index (χ4v) is 4.81. The molecule has 0 aliphatic heterocycles. The third-order valence-electron chi connectivity index (χ3n) is 6.08. The van der Waals surface area contributed by atoms with Gasteiger partial charge in [0.25, 0.3) is 0 Å². The molecule has 0 amide bonds. The van der Waals surface area contributed by atoms with Crippen LogP contribution in [0.5, 0.6) is 0 Å². The Hall–Kier alpha value is -1.69. The number of ether oxygens (including phenoxy) is 1. The van der Waals surface area contributed by atoms with Crippen molar-refractivity contribution in [1.82, 2.24) is 0 Å². The van der Waals surface area contributed by atoms with Gasteiger partial charge in [0.15, 0.2) is 0 Å². The third kappa shape index (κ3) is 6.50. The first-order valence-electron chi connectivity index (χ1n) is 10.6. The van der Waals surface area contributed by atoms with Crippen LogP contribution in [0.4, 0.5) is 30.7 Å². The summed E-state index contributed by atoms with van der Waals surface area (Å²) in [6.45, 7) is 1.40. The molecule has 2 aromatic rings. The number of rotatable bonds is 7. The first-order valence-corrected chi connectivity index (χ1v) is 12.1. The molecule has 4 atom stereocenters. The zero-order chi connectivity index (χ0) is 25.3. The molecule has 2 nitrogen and oxygen atoms in total. The lowest BCUT2D eigenvalue weighted by Gasteiger charge is -2.28. The highest BCUT2D eigenvalue weighted by Crippen LogP contribution is 2.46. The van der Waals surface area contributed by atoms with Crippen LogP contribution >= 0.6 is 22.6 Å². The van der Waals surface area contributed by atoms with Gasteiger partial charge in [0.05, 0.1) is 27.8 Å². The summed E-state index contributed by atoms with van der Waals surface area (Å²) in [5, 5.41) is 0. The van der Waals surface area contributed by atoms with E-state index in [4.69, 9.17) is 4.74 Å². The SMILES string of the molecule is C[C@@H](O[C@H]1CC[C@@H](CC(=O)CI)[C@@H]1c1ccc(F)cc1)c1cc(C(F)(F)F)cc(C(F)(F)F)c1. The smallest absolute Gasteiger partial charge is 0.370 e. The maximum absolute atomic E-state index is 13.5. The average molecular weight is 602 g/mol. The van der Waals surface area contributed by atoms with Crippen molar-refractivity contribution in [1.29, 1.82) is 0 Å². The molecule has 0 N–H and O–H groups in total. The van der Waals surface area contributed by atoms with E-state index in [2.05, 4.69) is 0 Å². The van der Waals surface area contributed by atoms with Crippen molar-refractivity contribution in [2.24, 2.45) is 5.92 Å². The summed E-state index contributed by atoms with van der Waals surface area (Å²) >= 11 is 1.96. The lowest BCUT2D eigenvalue weighted by atomic mass is 9.84. The Bertz CT molecular complexity index is 970. The summed E-state index contributed by atoms with van der Waals surface area (Å²) in [6, 6.07) is 7.10. The van der Waals surface area contributed by atoms with Gasteiger partial charge >= 0.3 is 12.4 Å². The van der Waals surface area contributed by atoms with E-state index in [1.54, 1.807) is 12.1 Å². The average Bonchev–Trinajstić information content (AvgIpc) is 3.14. The number of alkyl halides is 7. The molecule has 0 radical (unpaired) electrons. The first-order chi connectivity index (χ1) is 15.8. The number of benzene rings is 2. The van der Waals surface area contributed by atoms with E-state index in [1.807, 2.05) is 22.6 Å². The van der Waals surface area contributed by atoms with Crippen LogP contribution in [0.1, 0.15) is 60.5 Å². The van der Waals surface area contributed by atoms with Gasteiger partial charge in [-0.2, -0.15) is 26.3 Å². The minimum Gasteiger partial charge on any atom is -0.370 e. The molecule has 1 aliphatic rings. The molecule has 186 valence electrons. The molecular formula is C24H22F7IO2. The van der Waals surface area contributed by atoms with Crippen molar-refractivity contribution >= 4 is 28.4 Å². The summed E-state index contributed by atoms with van der Waals surface area (Å²) in [5.74, 6) is -0.893. The predicted octanol–water partition coefficient (Wildman–Crippen LogP) is 7.90. The molecule has 1 fully saturated rings. The summed E-state index contributed by atoms with van der Waals surface area (Å²) in [5.41, 5.74) is -2.34. The van der Waals surface area contributed by atoms with Gasteiger partial charge in [0.2, 0.25) is 0 Å². The minimum absolute atomic E-state index is 0.0270. The second-order valence-electron chi connectivity index (χ2n) is 8.45. The van der Waals surface area contributed by atoms with Crippen molar-refractivity contribution < 1.29 is 40.3 Å². The van der Waals surface area contributed by atoms with Crippen molar-refractivity contribution in [2.75, 3.05) is 4.43 Å². The number of ketones is 1. The van der Waals surface area contributed by atoms with Crippen molar-refractivity contribution in [3.8, 4) is 0 Å². The summed E-state index contributed by atoms with van der Waals surface area (Å²) in [7, 11) is 0. The van der Waals surface area contributed by atoms with Crippen LogP contribution in [0.2, 0.25) is 0 Å². The standard InChI is InChI=1S/C24H22F7IO2/c1-13(16-8-17(23(26,27)28)11-18(9-16)24(29,30)31)34-21-7-4-15(10-20(33)12-32)22(21)14-2-5-19(25)6-3-14/h2-3,5-6,8-9,11,13,15,21-22H,4,7,10,12H2,1H3/t13-,15+,21+,22+/m1/s1. The second-order valence-corrected chi connectivity index (χ2v) is 9.21. The molecule has 1 saturated carbocycles. The monoisotopic (exact) mass is 602 g/mol. The number of hydrogen-bond acceptors (Lipinski definition) is 2. The zero-order valence-electron chi connectivity index (χ0n) is 18.0. The predicted molar refractivity (Wildman–Crippen MR) is 120 cm³/mol. The molecule has 10 heteroatoms. The van der Waals surface area contributed by atoms with Crippen molar-refractivity contribution in [3.05, 3.63) is 70.5 Å². The first kappa shape index (κ1) is 26.9. The Morgan fingerprint density at radius 3 is 2.06 bits per heavy atom. The number of carbonyl (C=O) groups is 1. The van der Waals surface area contributed by atoms with Gasteiger partial charge in [-0.1, -0.05) is 34.7 Å². The van der Waals surface area contributed by atoms with Crippen LogP contribution in [-0.4, -0.2) is 16.3 Å². The lowest BCUT2D eigenvalue weighted by Crippen LogP contribution is -2.24. The Balaban J connectivity index is 1.92. The van der Waals surface area contributed by atoms with Gasteiger partial charge in [0, 0.05) is 12.3 Å². The lowest BCUT2D eigenvalue weighted by molar-refractivity contribution is -0.143. The Morgan fingerprint density at radius 2 is 1.56 bits per heavy atom. The quantitative estimate of drug-likeness (QED) is 0.183. The van der Waals surface area contributed by atoms with E-state index in [-0.39, 0.29) is 35.7 Å². The van der Waals surface area contributed by atoms with Crippen molar-refractivity contribution in [3.63, 3.8) is 0 Å². The van der Waals surface area contributed by atoms with E-state index in [1.165, 1.54) is 19.1 Å².